The van der Waals surface area contributed by atoms with Gasteiger partial charge in [0.1, 0.15) is 0 Å². The first-order chi connectivity index (χ1) is 11.7. The monoisotopic (exact) mass is 397 g/mol. The lowest BCUT2D eigenvalue weighted by molar-refractivity contribution is -0.121. The lowest BCUT2D eigenvalue weighted by Gasteiger charge is -2.23. The van der Waals surface area contributed by atoms with Gasteiger partial charge in [0.2, 0.25) is 5.91 Å². The number of nitrogens with one attached hydrogen (secondary N) is 1. The van der Waals surface area contributed by atoms with Crippen molar-refractivity contribution in [2.45, 2.75) is 26.2 Å². The number of hydrogen-bond donors (Lipinski definition) is 2. The molecule has 2 aromatic carbocycles. The van der Waals surface area contributed by atoms with Crippen LogP contribution >= 0.6 is 24.8 Å². The minimum absolute atomic E-state index is 0. The number of halogens is 2. The molecule has 4 nitrogen and oxygen atoms in total. The van der Waals surface area contributed by atoms with Gasteiger partial charge in [-0.05, 0) is 43.5 Å². The van der Waals surface area contributed by atoms with Crippen LogP contribution in [0.3, 0.4) is 0 Å². The zero-order valence-electron chi connectivity index (χ0n) is 15.2. The van der Waals surface area contributed by atoms with E-state index < -0.39 is 0 Å². The molecule has 1 amide bonds. The molecule has 0 spiro atoms. The summed E-state index contributed by atoms with van der Waals surface area (Å²) in [5, 5.41) is 3.00. The van der Waals surface area contributed by atoms with E-state index in [9.17, 15) is 4.79 Å². The highest BCUT2D eigenvalue weighted by Gasteiger charge is 2.06. The summed E-state index contributed by atoms with van der Waals surface area (Å²) >= 11 is 0. The van der Waals surface area contributed by atoms with Gasteiger partial charge in [-0.25, -0.2) is 0 Å². The molecule has 0 heterocycles. The maximum absolute atomic E-state index is 11.9. The van der Waals surface area contributed by atoms with Gasteiger partial charge in [-0.15, -0.1) is 24.8 Å². The van der Waals surface area contributed by atoms with Crippen molar-refractivity contribution in [1.82, 2.24) is 5.32 Å². The molecule has 2 rings (SSSR count). The number of carbonyl (C=O) groups is 1. The van der Waals surface area contributed by atoms with Gasteiger partial charge in [0.15, 0.2) is 0 Å². The van der Waals surface area contributed by atoms with Gasteiger partial charge < -0.3 is 16.0 Å². The van der Waals surface area contributed by atoms with E-state index in [1.807, 2.05) is 30.3 Å². The van der Waals surface area contributed by atoms with Gasteiger partial charge >= 0.3 is 0 Å². The molecule has 0 aliphatic heterocycles. The number of amides is 1. The van der Waals surface area contributed by atoms with Crippen molar-refractivity contribution < 1.29 is 4.79 Å². The number of para-hydroxylation sites is 2. The van der Waals surface area contributed by atoms with E-state index in [-0.39, 0.29) is 30.7 Å². The molecule has 26 heavy (non-hydrogen) atoms. The summed E-state index contributed by atoms with van der Waals surface area (Å²) in [6.07, 6.45) is 2.09. The normalized spacial score (nSPS) is 9.58. The summed E-state index contributed by atoms with van der Waals surface area (Å²) < 4.78 is 0. The molecule has 0 saturated carbocycles. The lowest BCUT2D eigenvalue weighted by Crippen LogP contribution is -2.30. The summed E-state index contributed by atoms with van der Waals surface area (Å²) in [6.45, 7) is 4.75. The average molecular weight is 398 g/mol. The number of nitrogen functional groups attached to an aromatic ring is 1. The number of aryl methyl sites for hydroxylation is 1. The fourth-order valence-electron chi connectivity index (χ4n) is 2.70. The van der Waals surface area contributed by atoms with E-state index in [1.54, 1.807) is 0 Å². The molecule has 0 fully saturated rings. The van der Waals surface area contributed by atoms with Crippen molar-refractivity contribution in [2.75, 3.05) is 30.3 Å². The molecule has 0 unspecified atom stereocenters. The summed E-state index contributed by atoms with van der Waals surface area (Å²) in [4.78, 5) is 14.3. The summed E-state index contributed by atoms with van der Waals surface area (Å²) in [5.74, 6) is 0.0843. The van der Waals surface area contributed by atoms with Crippen molar-refractivity contribution in [3.63, 3.8) is 0 Å². The van der Waals surface area contributed by atoms with Gasteiger partial charge in [-0.1, -0.05) is 36.4 Å². The summed E-state index contributed by atoms with van der Waals surface area (Å²) in [5.41, 5.74) is 8.92. The molecule has 0 bridgehead atoms. The Hall–Kier alpha value is -1.91. The second kappa shape index (κ2) is 13.3. The molecule has 0 aliphatic carbocycles. The van der Waals surface area contributed by atoms with Crippen molar-refractivity contribution in [1.29, 1.82) is 0 Å². The quantitative estimate of drug-likeness (QED) is 0.494. The molecule has 0 radical (unpaired) electrons. The molecule has 6 heteroatoms. The molecule has 0 aromatic heterocycles. The van der Waals surface area contributed by atoms with E-state index in [0.717, 1.165) is 30.8 Å². The Labute approximate surface area is 169 Å². The molecule has 144 valence electrons. The molecule has 0 saturated heterocycles. The molecule has 3 N–H and O–H groups in total. The van der Waals surface area contributed by atoms with Crippen LogP contribution in [0.25, 0.3) is 0 Å². The van der Waals surface area contributed by atoms with Gasteiger partial charge in [0.05, 0.1) is 0 Å². The first kappa shape index (κ1) is 24.1. The topological polar surface area (TPSA) is 58.4 Å². The third-order valence-corrected chi connectivity index (χ3v) is 4.11. The van der Waals surface area contributed by atoms with Crippen LogP contribution in [0.15, 0.2) is 54.6 Å². The van der Waals surface area contributed by atoms with Gasteiger partial charge in [0.25, 0.3) is 0 Å². The number of nitrogens with zero attached hydrogens (tertiary/aromatic N) is 1. The Kier molecular flexibility index (Phi) is 12.3. The van der Waals surface area contributed by atoms with Crippen LogP contribution in [-0.4, -0.2) is 25.5 Å². The Morgan fingerprint density at radius 3 is 2.35 bits per heavy atom. The highest BCUT2D eigenvalue weighted by Crippen LogP contribution is 2.13. The van der Waals surface area contributed by atoms with Gasteiger partial charge in [0, 0.05) is 37.4 Å². The van der Waals surface area contributed by atoms with Crippen LogP contribution in [0.5, 0.6) is 0 Å². The van der Waals surface area contributed by atoms with Crippen LogP contribution in [0.2, 0.25) is 0 Å². The maximum Gasteiger partial charge on any atom is 0.220 e. The van der Waals surface area contributed by atoms with E-state index in [0.29, 0.717) is 19.4 Å². The third kappa shape index (κ3) is 7.98. The van der Waals surface area contributed by atoms with Crippen LogP contribution in [0, 0.1) is 0 Å². The summed E-state index contributed by atoms with van der Waals surface area (Å²) in [6, 6.07) is 18.1. The van der Waals surface area contributed by atoms with Crippen LogP contribution < -0.4 is 16.0 Å². The second-order valence-corrected chi connectivity index (χ2v) is 5.82. The highest BCUT2D eigenvalue weighted by atomic mass is 35.5. The molecule has 0 atom stereocenters. The Balaban J connectivity index is 0.00000312. The second-order valence-electron chi connectivity index (χ2n) is 5.82. The molecule has 0 aliphatic rings. The third-order valence-electron chi connectivity index (χ3n) is 4.11. The minimum atomic E-state index is 0. The molecular weight excluding hydrogens is 369 g/mol. The number of nitrogens with two attached hydrogens (primary N) is 1. The molecule has 2 aromatic rings. The van der Waals surface area contributed by atoms with E-state index >= 15 is 0 Å². The lowest BCUT2D eigenvalue weighted by atomic mass is 10.1. The highest BCUT2D eigenvalue weighted by molar-refractivity contribution is 5.85. The zero-order valence-corrected chi connectivity index (χ0v) is 16.8. The number of benzene rings is 2. The predicted molar refractivity (Wildman–Crippen MR) is 116 cm³/mol. The number of hydrogen-bond acceptors (Lipinski definition) is 3. The maximum atomic E-state index is 11.9. The van der Waals surface area contributed by atoms with Crippen molar-refractivity contribution in [3.05, 3.63) is 60.2 Å². The number of anilines is 2. The van der Waals surface area contributed by atoms with Crippen LogP contribution in [0.4, 0.5) is 11.4 Å². The van der Waals surface area contributed by atoms with E-state index in [2.05, 4.69) is 41.4 Å². The average Bonchev–Trinajstić information content (AvgIpc) is 2.62. The fourth-order valence-corrected chi connectivity index (χ4v) is 2.70. The first-order valence-electron chi connectivity index (χ1n) is 8.60. The Bertz CT molecular complexity index is 638. The SMILES string of the molecule is CCN(CCCNC(=O)CCc1ccccc1N)c1ccccc1.Cl.Cl. The van der Waals surface area contributed by atoms with Crippen LogP contribution in [-0.2, 0) is 11.2 Å². The Morgan fingerprint density at radius 1 is 1.04 bits per heavy atom. The van der Waals surface area contributed by atoms with Gasteiger partial charge in [-0.2, -0.15) is 0 Å². The van der Waals surface area contributed by atoms with Crippen molar-refractivity contribution in [2.24, 2.45) is 0 Å². The minimum Gasteiger partial charge on any atom is -0.399 e. The standard InChI is InChI=1S/C20H27N3O.2ClH/c1-2-23(18-10-4-3-5-11-18)16-8-15-22-20(24)14-13-17-9-6-7-12-19(17)21;;/h3-7,9-12H,2,8,13-16,21H2,1H3,(H,22,24);2*1H. The van der Waals surface area contributed by atoms with E-state index in [4.69, 9.17) is 5.73 Å². The van der Waals surface area contributed by atoms with Crippen molar-refractivity contribution >= 4 is 42.1 Å². The predicted octanol–water partition coefficient (Wildman–Crippen LogP) is 4.08. The smallest absolute Gasteiger partial charge is 0.220 e. The Morgan fingerprint density at radius 2 is 1.69 bits per heavy atom. The van der Waals surface area contributed by atoms with Gasteiger partial charge in [-0.3, -0.25) is 4.79 Å². The summed E-state index contributed by atoms with van der Waals surface area (Å²) in [7, 11) is 0. The fraction of sp³-hybridized carbons (Fsp3) is 0.350. The van der Waals surface area contributed by atoms with Crippen LogP contribution in [0.1, 0.15) is 25.3 Å². The van der Waals surface area contributed by atoms with Crippen molar-refractivity contribution in [3.8, 4) is 0 Å². The molecular formula is C20H29Cl2N3O. The number of carbonyl (C=O) groups excluding carboxylic acids is 1. The first-order valence-corrected chi connectivity index (χ1v) is 8.60. The van der Waals surface area contributed by atoms with E-state index in [1.165, 1.54) is 5.69 Å². The zero-order chi connectivity index (χ0) is 17.2. The largest absolute Gasteiger partial charge is 0.399 e. The number of rotatable bonds is 9.